The van der Waals surface area contributed by atoms with E-state index in [0.717, 1.165) is 11.1 Å². The van der Waals surface area contributed by atoms with Crippen LogP contribution in [0.15, 0.2) is 267 Å². The smallest absolute Gasteiger partial charge is 0.180 e. The molecule has 0 atom stereocenters. The van der Waals surface area contributed by atoms with Crippen molar-refractivity contribution in [3.63, 3.8) is 0 Å². The lowest BCUT2D eigenvalue weighted by molar-refractivity contribution is 0.461. The molecule has 0 aliphatic carbocycles. The summed E-state index contributed by atoms with van der Waals surface area (Å²) in [5.41, 5.74) is 1.86. The Morgan fingerprint density at radius 3 is 0.852 bits per heavy atom. The Morgan fingerprint density at radius 2 is 0.590 bits per heavy atom. The van der Waals surface area contributed by atoms with Gasteiger partial charge in [0.1, 0.15) is 42.0 Å². The summed E-state index contributed by atoms with van der Waals surface area (Å²) in [4.78, 5) is 10.3. The molecule has 0 aromatic heterocycles. The monoisotopic (exact) mass is 898 g/mol. The average molecular weight is 899 g/mol. The normalized spacial score (nSPS) is 11.2. The van der Waals surface area contributed by atoms with E-state index in [1.807, 2.05) is 25.6 Å². The van der Waals surface area contributed by atoms with E-state index in [1.54, 1.807) is 24.3 Å². The second-order valence-corrected chi connectivity index (χ2v) is 21.2. The molecule has 0 aliphatic heterocycles. The number of rotatable bonds is 10. The molecule has 0 heterocycles. The van der Waals surface area contributed by atoms with Crippen molar-refractivity contribution < 1.29 is 25.9 Å². The van der Waals surface area contributed by atoms with E-state index < -0.39 is 20.2 Å². The highest BCUT2D eigenvalue weighted by Gasteiger charge is 2.34. The Balaban J connectivity index is 0.000000230. The maximum atomic E-state index is 10.4. The standard InChI is InChI=1S/C36H28S3.2C7H8O3S/c1-5-17-29(18-6-1)38(30-19-7-2-8-20-30)35-27-15-13-25-33(35)37-34-26-14-16-28-36(34)39(31-21-9-3-10-22-31)32-23-11-4-12-24-32;2*1-6-2-4-7(5-3-6)11(8,9)10/h1-28H;2*2-5H,1H3,(H,8,9,10)/q+2;;/p-2. The Morgan fingerprint density at radius 1 is 0.344 bits per heavy atom. The molecule has 0 saturated heterocycles. The van der Waals surface area contributed by atoms with Crippen LogP contribution in [0.25, 0.3) is 0 Å². The number of hydrogen-bond acceptors (Lipinski definition) is 7. The summed E-state index contributed by atoms with van der Waals surface area (Å²) in [5, 5.41) is 0. The van der Waals surface area contributed by atoms with Crippen LogP contribution in [0.4, 0.5) is 0 Å². The molecule has 0 radical (unpaired) electrons. The van der Waals surface area contributed by atoms with E-state index >= 15 is 0 Å². The fourth-order valence-electron chi connectivity index (χ4n) is 5.94. The molecule has 8 rings (SSSR count). The van der Waals surface area contributed by atoms with Crippen molar-refractivity contribution in [1.29, 1.82) is 0 Å². The topological polar surface area (TPSA) is 114 Å². The minimum absolute atomic E-state index is 0.178. The molecular weight excluding hydrogens is 857 g/mol. The van der Waals surface area contributed by atoms with Gasteiger partial charge < -0.3 is 9.11 Å². The molecule has 8 aromatic carbocycles. The molecule has 6 nitrogen and oxygen atoms in total. The summed E-state index contributed by atoms with van der Waals surface area (Å²) < 4.78 is 62.3. The van der Waals surface area contributed by atoms with Gasteiger partial charge in [0.25, 0.3) is 0 Å². The van der Waals surface area contributed by atoms with Crippen molar-refractivity contribution in [3.8, 4) is 0 Å². The lowest BCUT2D eigenvalue weighted by Gasteiger charge is -2.14. The fraction of sp³-hybridized carbons (Fsp3) is 0.0400. The highest BCUT2D eigenvalue weighted by molar-refractivity contribution is 8.02. The summed E-state index contributed by atoms with van der Waals surface area (Å²) in [6, 6.07) is 73.1. The van der Waals surface area contributed by atoms with Crippen LogP contribution in [0, 0.1) is 13.8 Å². The van der Waals surface area contributed by atoms with Gasteiger partial charge in [0, 0.05) is 0 Å². The van der Waals surface area contributed by atoms with Crippen LogP contribution in [0.1, 0.15) is 11.1 Å². The Hall–Kier alpha value is -5.37. The van der Waals surface area contributed by atoms with Crippen molar-refractivity contribution in [2.24, 2.45) is 0 Å². The number of aryl methyl sites for hydroxylation is 2. The highest BCUT2D eigenvalue weighted by Crippen LogP contribution is 2.43. The first kappa shape index (κ1) is 45.2. The van der Waals surface area contributed by atoms with Gasteiger partial charge in [-0.3, -0.25) is 0 Å². The zero-order valence-corrected chi connectivity index (χ0v) is 37.4. The summed E-state index contributed by atoms with van der Waals surface area (Å²) >= 11 is 1.89. The van der Waals surface area contributed by atoms with Crippen LogP contribution >= 0.6 is 11.8 Å². The maximum absolute atomic E-state index is 10.4. The fourth-order valence-corrected chi connectivity index (χ4v) is 12.7. The SMILES string of the molecule is Cc1ccc(S(=O)(=O)[O-])cc1.Cc1ccc(S(=O)(=O)[O-])cc1.c1ccc([S+](c2ccccc2)c2ccccc2Sc2ccccc2[S+](c2ccccc2)c2ccccc2)cc1. The average Bonchev–Trinajstić information content (AvgIpc) is 3.27. The lowest BCUT2D eigenvalue weighted by Crippen LogP contribution is -2.07. The minimum Gasteiger partial charge on any atom is -0.744 e. The van der Waals surface area contributed by atoms with Crippen LogP contribution in [-0.4, -0.2) is 25.9 Å². The third-order valence-corrected chi connectivity index (χ3v) is 16.6. The van der Waals surface area contributed by atoms with Gasteiger partial charge >= 0.3 is 0 Å². The van der Waals surface area contributed by atoms with E-state index in [1.165, 1.54) is 63.4 Å². The van der Waals surface area contributed by atoms with Crippen molar-refractivity contribution in [3.05, 3.63) is 230 Å². The van der Waals surface area contributed by atoms with Gasteiger partial charge in [-0.25, -0.2) is 16.8 Å². The largest absolute Gasteiger partial charge is 0.744 e. The van der Waals surface area contributed by atoms with E-state index in [2.05, 4.69) is 170 Å². The molecule has 0 amide bonds. The molecule has 0 aliphatic rings. The zero-order valence-electron chi connectivity index (χ0n) is 33.3. The first-order valence-electron chi connectivity index (χ1n) is 19.0. The van der Waals surface area contributed by atoms with Gasteiger partial charge in [0.05, 0.1) is 19.6 Å². The van der Waals surface area contributed by atoms with Crippen molar-refractivity contribution >= 4 is 53.8 Å². The first-order chi connectivity index (χ1) is 29.4. The van der Waals surface area contributed by atoms with Gasteiger partial charge in [0.15, 0.2) is 29.4 Å². The van der Waals surface area contributed by atoms with Crippen LogP contribution in [0.2, 0.25) is 0 Å². The van der Waals surface area contributed by atoms with E-state index in [9.17, 15) is 25.9 Å². The second-order valence-electron chi connectivity index (χ2n) is 13.4. The Labute approximate surface area is 369 Å². The zero-order chi connectivity index (χ0) is 43.2. The molecule has 0 saturated carbocycles. The summed E-state index contributed by atoms with van der Waals surface area (Å²) in [6.45, 7) is 3.64. The summed E-state index contributed by atoms with van der Waals surface area (Å²) in [7, 11) is -8.95. The molecule has 0 spiro atoms. The van der Waals surface area contributed by atoms with Crippen LogP contribution in [0.5, 0.6) is 0 Å². The van der Waals surface area contributed by atoms with Crippen molar-refractivity contribution in [2.45, 2.75) is 62.8 Å². The maximum Gasteiger partial charge on any atom is 0.180 e. The van der Waals surface area contributed by atoms with Crippen LogP contribution in [-0.2, 0) is 42.0 Å². The Bertz CT molecular complexity index is 2550. The van der Waals surface area contributed by atoms with E-state index in [-0.39, 0.29) is 31.6 Å². The summed E-state index contributed by atoms with van der Waals surface area (Å²) in [6.07, 6.45) is 0. The predicted molar refractivity (Wildman–Crippen MR) is 245 cm³/mol. The molecule has 0 N–H and O–H groups in total. The van der Waals surface area contributed by atoms with E-state index in [0.29, 0.717) is 0 Å². The minimum atomic E-state index is -4.27. The van der Waals surface area contributed by atoms with Gasteiger partial charge in [-0.15, -0.1) is 0 Å². The molecule has 8 aromatic rings. The summed E-state index contributed by atoms with van der Waals surface area (Å²) in [5.74, 6) is 0. The number of hydrogen-bond donors (Lipinski definition) is 0. The molecular formula is C50H42O6S5. The van der Waals surface area contributed by atoms with Crippen molar-refractivity contribution in [2.75, 3.05) is 0 Å². The molecule has 308 valence electrons. The quantitative estimate of drug-likeness (QED) is 0.0992. The predicted octanol–water partition coefficient (Wildman–Crippen LogP) is 11.8. The lowest BCUT2D eigenvalue weighted by atomic mass is 10.2. The van der Waals surface area contributed by atoms with Crippen LogP contribution < -0.4 is 0 Å². The van der Waals surface area contributed by atoms with Gasteiger partial charge in [0.2, 0.25) is 0 Å². The van der Waals surface area contributed by atoms with E-state index in [4.69, 9.17) is 0 Å². The van der Waals surface area contributed by atoms with Gasteiger partial charge in [-0.2, -0.15) is 0 Å². The van der Waals surface area contributed by atoms with Gasteiger partial charge in [-0.05, 0) is 111 Å². The third kappa shape index (κ3) is 12.8. The Kier molecular flexibility index (Phi) is 15.9. The highest BCUT2D eigenvalue weighted by atomic mass is 32.2. The second kappa shape index (κ2) is 21.4. The first-order valence-corrected chi connectivity index (χ1v) is 25.1. The van der Waals surface area contributed by atoms with Gasteiger partial charge in [-0.1, -0.05) is 144 Å². The van der Waals surface area contributed by atoms with Crippen LogP contribution in [0.3, 0.4) is 0 Å². The third-order valence-electron chi connectivity index (χ3n) is 8.89. The molecule has 0 fully saturated rings. The molecule has 0 unspecified atom stereocenters. The molecule has 11 heteroatoms. The van der Waals surface area contributed by atoms with Crippen molar-refractivity contribution in [1.82, 2.24) is 0 Å². The molecule has 61 heavy (non-hydrogen) atoms. The molecule has 0 bridgehead atoms. The number of benzene rings is 8.